The maximum Gasteiger partial charge on any atom is 0.126 e. The SMILES string of the molecule is COc1ccc(OC)c(/C=C/c2ccc(N(c3ccccc3)c3ccccc3)cc2)c1. The van der Waals surface area contributed by atoms with Gasteiger partial charge in [-0.15, -0.1) is 0 Å². The van der Waals surface area contributed by atoms with Gasteiger partial charge in [0.05, 0.1) is 14.2 Å². The molecular weight excluding hydrogens is 382 g/mol. The number of ether oxygens (including phenoxy) is 2. The molecule has 0 fully saturated rings. The minimum absolute atomic E-state index is 0.803. The Bertz CT molecular complexity index is 1100. The molecule has 0 spiro atoms. The van der Waals surface area contributed by atoms with E-state index in [1.54, 1.807) is 14.2 Å². The second-order valence-corrected chi connectivity index (χ2v) is 7.04. The van der Waals surface area contributed by atoms with Crippen LogP contribution < -0.4 is 14.4 Å². The number of hydrogen-bond acceptors (Lipinski definition) is 3. The molecule has 0 aliphatic carbocycles. The lowest BCUT2D eigenvalue weighted by Crippen LogP contribution is -2.09. The summed E-state index contributed by atoms with van der Waals surface area (Å²) in [6.07, 6.45) is 4.12. The average Bonchev–Trinajstić information content (AvgIpc) is 2.85. The molecule has 0 bridgehead atoms. The minimum Gasteiger partial charge on any atom is -0.497 e. The highest BCUT2D eigenvalue weighted by atomic mass is 16.5. The van der Waals surface area contributed by atoms with Crippen LogP contribution in [0.25, 0.3) is 12.2 Å². The van der Waals surface area contributed by atoms with Crippen molar-refractivity contribution < 1.29 is 9.47 Å². The number of para-hydroxylation sites is 2. The first-order valence-electron chi connectivity index (χ1n) is 10.2. The standard InChI is InChI=1S/C28H25NO2/c1-30-27-19-20-28(31-2)23(21-27)16-13-22-14-17-26(18-15-22)29(24-9-5-3-6-10-24)25-11-7-4-8-12-25/h3-21H,1-2H3/b16-13+. The quantitative estimate of drug-likeness (QED) is 0.299. The van der Waals surface area contributed by atoms with Crippen LogP contribution in [0.5, 0.6) is 11.5 Å². The summed E-state index contributed by atoms with van der Waals surface area (Å²) >= 11 is 0. The van der Waals surface area contributed by atoms with Gasteiger partial charge >= 0.3 is 0 Å². The molecule has 3 nitrogen and oxygen atoms in total. The van der Waals surface area contributed by atoms with E-state index in [0.29, 0.717) is 0 Å². The molecule has 4 aromatic rings. The third kappa shape index (κ3) is 4.78. The second-order valence-electron chi connectivity index (χ2n) is 7.04. The third-order valence-corrected chi connectivity index (χ3v) is 5.07. The van der Waals surface area contributed by atoms with E-state index in [4.69, 9.17) is 9.47 Å². The fraction of sp³-hybridized carbons (Fsp3) is 0.0714. The maximum atomic E-state index is 5.47. The average molecular weight is 408 g/mol. The Kier molecular flexibility index (Phi) is 6.34. The van der Waals surface area contributed by atoms with E-state index in [9.17, 15) is 0 Å². The zero-order valence-electron chi connectivity index (χ0n) is 17.7. The summed E-state index contributed by atoms with van der Waals surface area (Å²) in [6, 6.07) is 35.1. The molecule has 4 rings (SSSR count). The molecule has 0 atom stereocenters. The van der Waals surface area contributed by atoms with Crippen molar-refractivity contribution in [2.45, 2.75) is 0 Å². The van der Waals surface area contributed by atoms with Gasteiger partial charge in [0.2, 0.25) is 0 Å². The number of rotatable bonds is 7. The van der Waals surface area contributed by atoms with Crippen LogP contribution in [0.15, 0.2) is 103 Å². The molecule has 0 aliphatic heterocycles. The van der Waals surface area contributed by atoms with Crippen molar-refractivity contribution in [1.29, 1.82) is 0 Å². The molecule has 31 heavy (non-hydrogen) atoms. The van der Waals surface area contributed by atoms with Crippen LogP contribution in [-0.2, 0) is 0 Å². The molecular formula is C28H25NO2. The van der Waals surface area contributed by atoms with Gasteiger partial charge in [0.15, 0.2) is 0 Å². The summed E-state index contributed by atoms with van der Waals surface area (Å²) in [5, 5.41) is 0. The number of benzene rings is 4. The number of anilines is 3. The monoisotopic (exact) mass is 407 g/mol. The zero-order valence-corrected chi connectivity index (χ0v) is 17.7. The normalized spacial score (nSPS) is 10.8. The highest BCUT2D eigenvalue weighted by Crippen LogP contribution is 2.34. The Hall–Kier alpha value is -3.98. The lowest BCUT2D eigenvalue weighted by molar-refractivity contribution is 0.402. The maximum absolute atomic E-state index is 5.47. The van der Waals surface area contributed by atoms with Gasteiger partial charge in [-0.05, 0) is 60.2 Å². The molecule has 0 aromatic heterocycles. The number of hydrogen-bond donors (Lipinski definition) is 0. The second kappa shape index (κ2) is 9.68. The van der Waals surface area contributed by atoms with Crippen molar-refractivity contribution in [2.24, 2.45) is 0 Å². The summed E-state index contributed by atoms with van der Waals surface area (Å²) in [7, 11) is 3.34. The van der Waals surface area contributed by atoms with Gasteiger partial charge in [0.1, 0.15) is 11.5 Å². The summed E-state index contributed by atoms with van der Waals surface area (Å²) in [6.45, 7) is 0. The van der Waals surface area contributed by atoms with Gasteiger partial charge in [-0.2, -0.15) is 0 Å². The molecule has 0 radical (unpaired) electrons. The number of methoxy groups -OCH3 is 2. The molecule has 154 valence electrons. The van der Waals surface area contributed by atoms with Crippen LogP contribution in [0.3, 0.4) is 0 Å². The van der Waals surface area contributed by atoms with E-state index >= 15 is 0 Å². The lowest BCUT2D eigenvalue weighted by atomic mass is 10.1. The summed E-state index contributed by atoms with van der Waals surface area (Å²) in [4.78, 5) is 2.25. The molecule has 0 heterocycles. The Morgan fingerprint density at radius 3 is 1.71 bits per heavy atom. The molecule has 0 N–H and O–H groups in total. The number of nitrogens with zero attached hydrogens (tertiary/aromatic N) is 1. The first-order valence-corrected chi connectivity index (χ1v) is 10.2. The summed E-state index contributed by atoms with van der Waals surface area (Å²) in [5.74, 6) is 1.62. The van der Waals surface area contributed by atoms with E-state index in [1.165, 1.54) is 0 Å². The van der Waals surface area contributed by atoms with Gasteiger partial charge in [0, 0.05) is 22.6 Å². The summed E-state index contributed by atoms with van der Waals surface area (Å²) < 4.78 is 10.8. The Labute approximate surface area is 183 Å². The van der Waals surface area contributed by atoms with Gasteiger partial charge in [-0.3, -0.25) is 0 Å². The van der Waals surface area contributed by atoms with Gasteiger partial charge < -0.3 is 14.4 Å². The zero-order chi connectivity index (χ0) is 21.5. The van der Waals surface area contributed by atoms with Crippen molar-refractivity contribution in [3.8, 4) is 11.5 Å². The Balaban J connectivity index is 1.63. The van der Waals surface area contributed by atoms with Crippen molar-refractivity contribution >= 4 is 29.2 Å². The van der Waals surface area contributed by atoms with Crippen molar-refractivity contribution in [3.05, 3.63) is 114 Å². The van der Waals surface area contributed by atoms with Gasteiger partial charge in [0.25, 0.3) is 0 Å². The highest BCUT2D eigenvalue weighted by molar-refractivity contribution is 5.78. The smallest absolute Gasteiger partial charge is 0.126 e. The van der Waals surface area contributed by atoms with Crippen molar-refractivity contribution in [3.63, 3.8) is 0 Å². The van der Waals surface area contributed by atoms with E-state index in [2.05, 4.69) is 83.8 Å². The molecule has 0 saturated heterocycles. The predicted molar refractivity (Wildman–Crippen MR) is 130 cm³/mol. The first-order chi connectivity index (χ1) is 15.3. The van der Waals surface area contributed by atoms with Crippen LogP contribution in [-0.4, -0.2) is 14.2 Å². The largest absolute Gasteiger partial charge is 0.497 e. The van der Waals surface area contributed by atoms with Gasteiger partial charge in [-0.25, -0.2) is 0 Å². The molecule has 0 unspecified atom stereocenters. The van der Waals surface area contributed by atoms with Crippen LogP contribution in [0.4, 0.5) is 17.1 Å². The fourth-order valence-corrected chi connectivity index (χ4v) is 3.49. The van der Waals surface area contributed by atoms with Gasteiger partial charge in [-0.1, -0.05) is 60.7 Å². The van der Waals surface area contributed by atoms with Crippen molar-refractivity contribution in [1.82, 2.24) is 0 Å². The van der Waals surface area contributed by atoms with Crippen molar-refractivity contribution in [2.75, 3.05) is 19.1 Å². The predicted octanol–water partition coefficient (Wildman–Crippen LogP) is 7.34. The molecule has 0 amide bonds. The van der Waals surface area contributed by atoms with E-state index in [-0.39, 0.29) is 0 Å². The fourth-order valence-electron chi connectivity index (χ4n) is 3.49. The van der Waals surface area contributed by atoms with E-state index in [1.807, 2.05) is 36.4 Å². The summed E-state index contributed by atoms with van der Waals surface area (Å²) in [5.41, 5.74) is 5.43. The van der Waals surface area contributed by atoms with E-state index < -0.39 is 0 Å². The molecule has 4 aromatic carbocycles. The lowest BCUT2D eigenvalue weighted by Gasteiger charge is -2.25. The first kappa shape index (κ1) is 20.3. The topological polar surface area (TPSA) is 21.7 Å². The third-order valence-electron chi connectivity index (χ3n) is 5.07. The van der Waals surface area contributed by atoms with Crippen LogP contribution in [0, 0.1) is 0 Å². The Morgan fingerprint density at radius 2 is 1.16 bits per heavy atom. The molecule has 0 saturated carbocycles. The molecule has 3 heteroatoms. The van der Waals surface area contributed by atoms with E-state index in [0.717, 1.165) is 39.7 Å². The minimum atomic E-state index is 0.803. The van der Waals surface area contributed by atoms with Crippen LogP contribution in [0.1, 0.15) is 11.1 Å². The Morgan fingerprint density at radius 1 is 0.581 bits per heavy atom. The van der Waals surface area contributed by atoms with Crippen LogP contribution in [0.2, 0.25) is 0 Å². The van der Waals surface area contributed by atoms with Crippen LogP contribution >= 0.6 is 0 Å². The molecule has 0 aliphatic rings. The highest BCUT2D eigenvalue weighted by Gasteiger charge is 2.11.